The van der Waals surface area contributed by atoms with Gasteiger partial charge in [-0.05, 0) is 48.7 Å². The van der Waals surface area contributed by atoms with Crippen LogP contribution in [0.2, 0.25) is 0 Å². The molecule has 0 aliphatic heterocycles. The van der Waals surface area contributed by atoms with E-state index in [2.05, 4.69) is 28.0 Å². The molecule has 0 aliphatic carbocycles. The van der Waals surface area contributed by atoms with Crippen LogP contribution in [-0.4, -0.2) is 23.6 Å². The molecule has 0 atom stereocenters. The van der Waals surface area contributed by atoms with Gasteiger partial charge in [0.25, 0.3) is 0 Å². The van der Waals surface area contributed by atoms with Gasteiger partial charge in [0.2, 0.25) is 0 Å². The summed E-state index contributed by atoms with van der Waals surface area (Å²) in [5.74, 6) is 0.981. The maximum absolute atomic E-state index is 5.70. The molecular weight excluding hydrogens is 236 g/mol. The molecule has 2 N–H and O–H groups in total. The lowest BCUT2D eigenvalue weighted by molar-refractivity contribution is 0.851. The largest absolute Gasteiger partial charge is 0.359 e. The monoisotopic (exact) mass is 256 g/mol. The zero-order valence-electron chi connectivity index (χ0n) is 11.5. The van der Waals surface area contributed by atoms with Crippen LogP contribution in [0.3, 0.4) is 0 Å². The summed E-state index contributed by atoms with van der Waals surface area (Å²) in [5.41, 5.74) is 9.12. The Morgan fingerprint density at radius 2 is 1.89 bits per heavy atom. The van der Waals surface area contributed by atoms with Crippen LogP contribution >= 0.6 is 0 Å². The summed E-state index contributed by atoms with van der Waals surface area (Å²) in [6.45, 7) is 3.47. The highest BCUT2D eigenvalue weighted by Gasteiger charge is 2.05. The van der Waals surface area contributed by atoms with E-state index in [0.717, 1.165) is 30.0 Å². The van der Waals surface area contributed by atoms with Crippen molar-refractivity contribution in [2.75, 3.05) is 18.5 Å². The van der Waals surface area contributed by atoms with Crippen LogP contribution in [0.1, 0.15) is 16.8 Å². The summed E-state index contributed by atoms with van der Waals surface area (Å²) in [4.78, 5) is 10.7. The van der Waals surface area contributed by atoms with Gasteiger partial charge >= 0.3 is 0 Å². The fraction of sp³-hybridized carbons (Fsp3) is 0.333. The van der Waals surface area contributed by atoms with Crippen molar-refractivity contribution in [1.29, 1.82) is 0 Å². The molecule has 0 unspecified atom stereocenters. The Morgan fingerprint density at radius 3 is 2.58 bits per heavy atom. The number of nitrogens with zero attached hydrogens (tertiary/aromatic N) is 3. The van der Waals surface area contributed by atoms with Gasteiger partial charge in [-0.1, -0.05) is 0 Å². The van der Waals surface area contributed by atoms with Gasteiger partial charge in [0.1, 0.15) is 5.82 Å². The van der Waals surface area contributed by atoms with Crippen molar-refractivity contribution < 1.29 is 0 Å². The van der Waals surface area contributed by atoms with E-state index in [1.165, 1.54) is 5.56 Å². The van der Waals surface area contributed by atoms with Crippen LogP contribution < -0.4 is 10.6 Å². The van der Waals surface area contributed by atoms with Gasteiger partial charge < -0.3 is 10.6 Å². The molecule has 2 aromatic rings. The molecule has 0 radical (unpaired) electrons. The Bertz CT molecular complexity index is 525. The average molecular weight is 256 g/mol. The Morgan fingerprint density at radius 1 is 1.16 bits per heavy atom. The zero-order chi connectivity index (χ0) is 13.7. The average Bonchev–Trinajstić information content (AvgIpc) is 2.45. The summed E-state index contributed by atoms with van der Waals surface area (Å²) in [6.07, 6.45) is 4.63. The molecule has 0 aromatic carbocycles. The second kappa shape index (κ2) is 6.29. The van der Waals surface area contributed by atoms with Crippen molar-refractivity contribution in [2.24, 2.45) is 5.73 Å². The molecular formula is C15H20N4. The van der Waals surface area contributed by atoms with Crippen molar-refractivity contribution in [1.82, 2.24) is 9.97 Å². The van der Waals surface area contributed by atoms with Crippen LogP contribution in [0.15, 0.2) is 36.7 Å². The quantitative estimate of drug-likeness (QED) is 0.888. The van der Waals surface area contributed by atoms with Gasteiger partial charge in [-0.2, -0.15) is 0 Å². The molecule has 0 amide bonds. The Hall–Kier alpha value is -1.94. The van der Waals surface area contributed by atoms with Crippen LogP contribution in [0.5, 0.6) is 0 Å². The summed E-state index contributed by atoms with van der Waals surface area (Å²) >= 11 is 0. The molecule has 0 saturated carbocycles. The smallest absolute Gasteiger partial charge is 0.128 e. The van der Waals surface area contributed by atoms with Crippen LogP contribution in [0, 0.1) is 6.92 Å². The van der Waals surface area contributed by atoms with E-state index in [0.29, 0.717) is 6.54 Å². The van der Waals surface area contributed by atoms with Crippen LogP contribution in [0.25, 0.3) is 0 Å². The number of nitrogens with two attached hydrogens (primary N) is 1. The first kappa shape index (κ1) is 13.5. The third-order valence-corrected chi connectivity index (χ3v) is 3.11. The third kappa shape index (κ3) is 3.76. The van der Waals surface area contributed by atoms with Crippen molar-refractivity contribution in [2.45, 2.75) is 19.9 Å². The lowest BCUT2D eigenvalue weighted by atomic mass is 10.2. The van der Waals surface area contributed by atoms with Gasteiger partial charge in [-0.15, -0.1) is 0 Å². The summed E-state index contributed by atoms with van der Waals surface area (Å²) in [5, 5.41) is 0. The predicted molar refractivity (Wildman–Crippen MR) is 78.1 cm³/mol. The normalized spacial score (nSPS) is 10.5. The molecule has 2 aromatic heterocycles. The minimum atomic E-state index is 0.550. The molecule has 0 spiro atoms. The van der Waals surface area contributed by atoms with Crippen molar-refractivity contribution >= 4 is 5.82 Å². The summed E-state index contributed by atoms with van der Waals surface area (Å²) < 4.78 is 0. The lowest BCUT2D eigenvalue weighted by Crippen LogP contribution is -2.22. The summed E-state index contributed by atoms with van der Waals surface area (Å²) in [6, 6.07) is 8.17. The molecule has 0 aliphatic rings. The van der Waals surface area contributed by atoms with Gasteiger partial charge in [-0.25, -0.2) is 4.98 Å². The molecule has 4 heteroatoms. The summed E-state index contributed by atoms with van der Waals surface area (Å²) in [7, 11) is 2.06. The highest BCUT2D eigenvalue weighted by atomic mass is 15.2. The standard InChI is InChI=1S/C15H20N4/c1-12-9-14(11-16)10-15(18-12)19(2)8-5-13-3-6-17-7-4-13/h3-4,6-7,9-10H,5,8,11,16H2,1-2H3. The first-order chi connectivity index (χ1) is 9.19. The van der Waals surface area contributed by atoms with Crippen molar-refractivity contribution in [3.8, 4) is 0 Å². The first-order valence-electron chi connectivity index (χ1n) is 6.46. The first-order valence-corrected chi connectivity index (χ1v) is 6.46. The number of anilines is 1. The molecule has 4 nitrogen and oxygen atoms in total. The molecule has 0 bridgehead atoms. The van der Waals surface area contributed by atoms with E-state index in [9.17, 15) is 0 Å². The SMILES string of the molecule is Cc1cc(CN)cc(N(C)CCc2ccncc2)n1. The highest BCUT2D eigenvalue weighted by molar-refractivity contribution is 5.42. The Balaban J connectivity index is 2.03. The topological polar surface area (TPSA) is 55.0 Å². The second-order valence-electron chi connectivity index (χ2n) is 4.71. The van der Waals surface area contributed by atoms with Crippen molar-refractivity contribution in [3.05, 3.63) is 53.5 Å². The number of rotatable bonds is 5. The number of aromatic nitrogens is 2. The number of hydrogen-bond acceptors (Lipinski definition) is 4. The molecule has 0 saturated heterocycles. The number of aryl methyl sites for hydroxylation is 1. The highest BCUT2D eigenvalue weighted by Crippen LogP contribution is 2.14. The van der Waals surface area contributed by atoms with Gasteiger partial charge in [-0.3, -0.25) is 4.98 Å². The molecule has 0 fully saturated rings. The van der Waals surface area contributed by atoms with E-state index >= 15 is 0 Å². The molecule has 2 heterocycles. The van der Waals surface area contributed by atoms with E-state index in [1.54, 1.807) is 0 Å². The van der Waals surface area contributed by atoms with E-state index in [-0.39, 0.29) is 0 Å². The van der Waals surface area contributed by atoms with Gasteiger partial charge in [0.05, 0.1) is 0 Å². The zero-order valence-corrected chi connectivity index (χ0v) is 11.5. The predicted octanol–water partition coefficient (Wildman–Crippen LogP) is 1.92. The van der Waals surface area contributed by atoms with E-state index < -0.39 is 0 Å². The van der Waals surface area contributed by atoms with Gasteiger partial charge in [0.15, 0.2) is 0 Å². The third-order valence-electron chi connectivity index (χ3n) is 3.11. The fourth-order valence-electron chi connectivity index (χ4n) is 2.00. The fourth-order valence-corrected chi connectivity index (χ4v) is 2.00. The van der Waals surface area contributed by atoms with Crippen LogP contribution in [0.4, 0.5) is 5.82 Å². The lowest BCUT2D eigenvalue weighted by Gasteiger charge is -2.19. The molecule has 19 heavy (non-hydrogen) atoms. The second-order valence-corrected chi connectivity index (χ2v) is 4.71. The van der Waals surface area contributed by atoms with E-state index in [1.807, 2.05) is 37.5 Å². The van der Waals surface area contributed by atoms with E-state index in [4.69, 9.17) is 5.73 Å². The maximum Gasteiger partial charge on any atom is 0.128 e. The number of hydrogen-bond donors (Lipinski definition) is 1. The number of pyridine rings is 2. The Kier molecular flexibility index (Phi) is 4.47. The van der Waals surface area contributed by atoms with Crippen molar-refractivity contribution in [3.63, 3.8) is 0 Å². The minimum Gasteiger partial charge on any atom is -0.359 e. The Labute approximate surface area is 114 Å². The molecule has 2 rings (SSSR count). The maximum atomic E-state index is 5.70. The van der Waals surface area contributed by atoms with Gasteiger partial charge in [0, 0.05) is 38.2 Å². The number of likely N-dealkylation sites (N-methyl/N-ethyl adjacent to an activating group) is 1. The molecule has 100 valence electrons. The minimum absolute atomic E-state index is 0.550. The van der Waals surface area contributed by atoms with Crippen LogP contribution in [-0.2, 0) is 13.0 Å².